The van der Waals surface area contributed by atoms with Gasteiger partial charge in [0.05, 0.1) is 5.56 Å². The average molecular weight is 195 g/mol. The Balaban J connectivity index is 3.29. The fourth-order valence-corrected chi connectivity index (χ4v) is 0.874. The summed E-state index contributed by atoms with van der Waals surface area (Å²) in [7, 11) is 0. The maximum Gasteiger partial charge on any atom is 0.418 e. The molecule has 2 nitrogen and oxygen atoms in total. The Morgan fingerprint density at radius 3 is 2.23 bits per heavy atom. The summed E-state index contributed by atoms with van der Waals surface area (Å²) in [5.41, 5.74) is -1.03. The molecule has 2 N–H and O–H groups in total. The van der Waals surface area contributed by atoms with Crippen molar-refractivity contribution in [2.45, 2.75) is 6.18 Å². The number of para-hydroxylation sites is 1. The van der Waals surface area contributed by atoms with Crippen molar-refractivity contribution in [3.63, 3.8) is 0 Å². The third-order valence-electron chi connectivity index (χ3n) is 1.43. The molecule has 13 heavy (non-hydrogen) atoms. The molecule has 0 unspecified atom stereocenters. The van der Waals surface area contributed by atoms with Crippen LogP contribution >= 0.6 is 0 Å². The minimum atomic E-state index is -4.69. The number of hydrogen-bond donors (Lipinski definition) is 2. The second-order valence-corrected chi connectivity index (χ2v) is 2.27. The van der Waals surface area contributed by atoms with Gasteiger partial charge in [-0.25, -0.2) is 4.39 Å². The van der Waals surface area contributed by atoms with Gasteiger partial charge < -0.3 is 0 Å². The Hall–Kier alpha value is -1.30. The summed E-state index contributed by atoms with van der Waals surface area (Å²) in [6, 6.07) is 2.40. The molecule has 0 aromatic heterocycles. The molecule has 0 atom stereocenters. The van der Waals surface area contributed by atoms with E-state index in [2.05, 4.69) is 0 Å². The van der Waals surface area contributed by atoms with Crippen molar-refractivity contribution in [3.05, 3.63) is 29.6 Å². The van der Waals surface area contributed by atoms with Crippen LogP contribution in [0.2, 0.25) is 0 Å². The Morgan fingerprint density at radius 1 is 1.23 bits per heavy atom. The van der Waals surface area contributed by atoms with Crippen molar-refractivity contribution in [2.75, 3.05) is 5.48 Å². The lowest BCUT2D eigenvalue weighted by atomic mass is 10.1. The second kappa shape index (κ2) is 3.21. The van der Waals surface area contributed by atoms with E-state index in [-0.39, 0.29) is 0 Å². The molecule has 1 aromatic carbocycles. The van der Waals surface area contributed by atoms with Gasteiger partial charge in [0, 0.05) is 0 Å². The highest BCUT2D eigenvalue weighted by Crippen LogP contribution is 2.35. The van der Waals surface area contributed by atoms with Crippen LogP contribution in [0.5, 0.6) is 0 Å². The fourth-order valence-electron chi connectivity index (χ4n) is 0.874. The van der Waals surface area contributed by atoms with Gasteiger partial charge in [-0.15, -0.1) is 0 Å². The highest BCUT2D eigenvalue weighted by atomic mass is 19.4. The van der Waals surface area contributed by atoms with E-state index in [1.165, 1.54) is 5.48 Å². The number of hydrogen-bond acceptors (Lipinski definition) is 2. The van der Waals surface area contributed by atoms with E-state index in [4.69, 9.17) is 5.21 Å². The summed E-state index contributed by atoms with van der Waals surface area (Å²) in [5, 5.41) is 8.27. The molecule has 0 aliphatic carbocycles. The molecule has 1 aromatic rings. The van der Waals surface area contributed by atoms with E-state index in [1.54, 1.807) is 0 Å². The van der Waals surface area contributed by atoms with Crippen LogP contribution < -0.4 is 5.48 Å². The third kappa shape index (κ3) is 1.89. The number of alkyl halides is 3. The molecule has 0 fully saturated rings. The van der Waals surface area contributed by atoms with Crippen molar-refractivity contribution < 1.29 is 22.8 Å². The largest absolute Gasteiger partial charge is 0.418 e. The Labute approximate surface area is 70.8 Å². The zero-order valence-corrected chi connectivity index (χ0v) is 6.19. The van der Waals surface area contributed by atoms with Gasteiger partial charge in [-0.1, -0.05) is 6.07 Å². The van der Waals surface area contributed by atoms with Crippen molar-refractivity contribution in [2.24, 2.45) is 0 Å². The molecule has 0 aliphatic heterocycles. The smallest absolute Gasteiger partial charge is 0.291 e. The van der Waals surface area contributed by atoms with Crippen LogP contribution in [0.4, 0.5) is 23.2 Å². The van der Waals surface area contributed by atoms with E-state index in [0.717, 1.165) is 12.1 Å². The van der Waals surface area contributed by atoms with Gasteiger partial charge in [-0.3, -0.25) is 10.7 Å². The molecule has 0 bridgehead atoms. The summed E-state index contributed by atoms with van der Waals surface area (Å²) < 4.78 is 49.0. The van der Waals surface area contributed by atoms with Crippen LogP contribution in [0.1, 0.15) is 5.56 Å². The molecule has 0 radical (unpaired) electrons. The number of rotatable bonds is 1. The first kappa shape index (κ1) is 9.79. The molecule has 0 saturated heterocycles. The first-order valence-electron chi connectivity index (χ1n) is 3.22. The van der Waals surface area contributed by atoms with E-state index in [9.17, 15) is 17.6 Å². The Bertz CT molecular complexity index is 310. The standard InChI is InChI=1S/C7H5F4NO/c8-5-3-1-2-4(6(5)12-13)7(9,10)11/h1-3,12-13H. The minimum absolute atomic E-state index is 0.668. The van der Waals surface area contributed by atoms with Gasteiger partial charge in [-0.05, 0) is 12.1 Å². The van der Waals surface area contributed by atoms with Crippen molar-refractivity contribution >= 4 is 5.69 Å². The highest BCUT2D eigenvalue weighted by Gasteiger charge is 2.34. The summed E-state index contributed by atoms with van der Waals surface area (Å²) in [6.07, 6.45) is -4.69. The predicted octanol–water partition coefficient (Wildman–Crippen LogP) is 2.65. The van der Waals surface area contributed by atoms with Crippen molar-refractivity contribution in [1.29, 1.82) is 0 Å². The van der Waals surface area contributed by atoms with Gasteiger partial charge in [0.15, 0.2) is 0 Å². The lowest BCUT2D eigenvalue weighted by Crippen LogP contribution is -2.10. The second-order valence-electron chi connectivity index (χ2n) is 2.27. The lowest BCUT2D eigenvalue weighted by molar-refractivity contribution is -0.137. The SMILES string of the molecule is ONc1c(F)cccc1C(F)(F)F. The predicted molar refractivity (Wildman–Crippen MR) is 36.8 cm³/mol. The van der Waals surface area contributed by atoms with Crippen molar-refractivity contribution in [1.82, 2.24) is 0 Å². The topological polar surface area (TPSA) is 32.3 Å². The Morgan fingerprint density at radius 2 is 1.85 bits per heavy atom. The zero-order valence-electron chi connectivity index (χ0n) is 6.19. The van der Waals surface area contributed by atoms with Gasteiger partial charge >= 0.3 is 6.18 Å². The monoisotopic (exact) mass is 195 g/mol. The van der Waals surface area contributed by atoms with E-state index < -0.39 is 23.2 Å². The van der Waals surface area contributed by atoms with Crippen LogP contribution in [0.15, 0.2) is 18.2 Å². The summed E-state index contributed by atoms with van der Waals surface area (Å²) >= 11 is 0. The fraction of sp³-hybridized carbons (Fsp3) is 0.143. The van der Waals surface area contributed by atoms with Crippen LogP contribution in [-0.2, 0) is 6.18 Å². The normalized spacial score (nSPS) is 11.5. The van der Waals surface area contributed by atoms with Crippen LogP contribution in [0, 0.1) is 5.82 Å². The van der Waals surface area contributed by atoms with E-state index in [1.807, 2.05) is 0 Å². The zero-order chi connectivity index (χ0) is 10.1. The molecule has 0 aliphatic rings. The first-order chi connectivity index (χ1) is 5.96. The molecular weight excluding hydrogens is 190 g/mol. The summed E-state index contributed by atoms with van der Waals surface area (Å²) in [6.45, 7) is 0. The summed E-state index contributed by atoms with van der Waals surface area (Å²) in [4.78, 5) is 0. The number of benzene rings is 1. The molecule has 1 rings (SSSR count). The quantitative estimate of drug-likeness (QED) is 0.533. The molecule has 0 saturated carbocycles. The molecule has 0 amide bonds. The highest BCUT2D eigenvalue weighted by molar-refractivity contribution is 5.51. The number of nitrogens with one attached hydrogen (secondary N) is 1. The van der Waals surface area contributed by atoms with Crippen molar-refractivity contribution in [3.8, 4) is 0 Å². The average Bonchev–Trinajstić information content (AvgIpc) is 2.02. The van der Waals surface area contributed by atoms with Gasteiger partial charge in [0.2, 0.25) is 0 Å². The molecular formula is C7H5F4NO. The first-order valence-corrected chi connectivity index (χ1v) is 3.22. The number of anilines is 1. The molecule has 0 heterocycles. The van der Waals surface area contributed by atoms with Crippen LogP contribution in [-0.4, -0.2) is 5.21 Å². The Kier molecular flexibility index (Phi) is 2.42. The molecule has 0 spiro atoms. The third-order valence-corrected chi connectivity index (χ3v) is 1.43. The van der Waals surface area contributed by atoms with E-state index in [0.29, 0.717) is 6.07 Å². The maximum absolute atomic E-state index is 12.7. The van der Waals surface area contributed by atoms with Crippen LogP contribution in [0.25, 0.3) is 0 Å². The van der Waals surface area contributed by atoms with Gasteiger partial charge in [0.1, 0.15) is 11.5 Å². The van der Waals surface area contributed by atoms with Gasteiger partial charge in [0.25, 0.3) is 0 Å². The van der Waals surface area contributed by atoms with E-state index >= 15 is 0 Å². The lowest BCUT2D eigenvalue weighted by Gasteiger charge is -2.11. The maximum atomic E-state index is 12.7. The number of halogens is 4. The van der Waals surface area contributed by atoms with Crippen LogP contribution in [0.3, 0.4) is 0 Å². The van der Waals surface area contributed by atoms with Gasteiger partial charge in [-0.2, -0.15) is 13.2 Å². The minimum Gasteiger partial charge on any atom is -0.291 e. The molecule has 72 valence electrons. The molecule has 6 heteroatoms. The summed E-state index contributed by atoms with van der Waals surface area (Å²) in [5.74, 6) is -1.16.